The van der Waals surface area contributed by atoms with Crippen molar-refractivity contribution in [3.63, 3.8) is 0 Å². The fourth-order valence-electron chi connectivity index (χ4n) is 1.63. The summed E-state index contributed by atoms with van der Waals surface area (Å²) in [4.78, 5) is 23.7. The summed E-state index contributed by atoms with van der Waals surface area (Å²) in [5.41, 5.74) is -0.800. The summed E-state index contributed by atoms with van der Waals surface area (Å²) in [7, 11) is 0. The van der Waals surface area contributed by atoms with E-state index in [-0.39, 0.29) is 6.54 Å². The standard InChI is InChI=1S/C11H16F3NO3/c1-10(2,3)18-9(17)15-5-7(11(12,13)14)4-8(16)6-15/h7H,4-6H2,1-3H3/t7-/m0/s1. The summed E-state index contributed by atoms with van der Waals surface area (Å²) >= 11 is 0. The van der Waals surface area contributed by atoms with Crippen molar-refractivity contribution in [3.8, 4) is 0 Å². The van der Waals surface area contributed by atoms with E-state index < -0.39 is 42.5 Å². The predicted molar refractivity (Wildman–Crippen MR) is 57.0 cm³/mol. The van der Waals surface area contributed by atoms with Gasteiger partial charge < -0.3 is 9.64 Å². The number of hydrogen-bond donors (Lipinski definition) is 0. The number of nitrogens with zero attached hydrogens (tertiary/aromatic N) is 1. The number of carbonyl (C=O) groups excluding carboxylic acids is 2. The van der Waals surface area contributed by atoms with Gasteiger partial charge in [-0.2, -0.15) is 13.2 Å². The Morgan fingerprint density at radius 1 is 1.33 bits per heavy atom. The van der Waals surface area contributed by atoms with Gasteiger partial charge in [0.25, 0.3) is 0 Å². The maximum absolute atomic E-state index is 12.6. The first-order valence-electron chi connectivity index (χ1n) is 5.55. The summed E-state index contributed by atoms with van der Waals surface area (Å²) in [6, 6.07) is 0. The molecule has 0 aromatic heterocycles. The first-order chi connectivity index (χ1) is 7.99. The SMILES string of the molecule is CC(C)(C)OC(=O)N1CC(=O)C[C@H](C(F)(F)F)C1. The van der Waals surface area contributed by atoms with Gasteiger partial charge in [-0.25, -0.2) is 4.79 Å². The number of ketones is 1. The molecule has 7 heteroatoms. The molecular formula is C11H16F3NO3. The summed E-state index contributed by atoms with van der Waals surface area (Å²) < 4.78 is 42.6. The maximum Gasteiger partial charge on any atom is 0.410 e. The molecule has 0 aliphatic carbocycles. The molecule has 1 aliphatic rings. The maximum atomic E-state index is 12.6. The molecule has 0 aromatic rings. The average molecular weight is 267 g/mol. The third kappa shape index (κ3) is 4.19. The highest BCUT2D eigenvalue weighted by Gasteiger charge is 2.45. The molecule has 0 bridgehead atoms. The Kier molecular flexibility index (Phi) is 3.92. The van der Waals surface area contributed by atoms with Crippen LogP contribution in [-0.2, 0) is 9.53 Å². The van der Waals surface area contributed by atoms with Crippen molar-refractivity contribution < 1.29 is 27.5 Å². The molecule has 0 spiro atoms. The topological polar surface area (TPSA) is 46.6 Å². The molecule has 4 nitrogen and oxygen atoms in total. The number of Topliss-reactive ketones (excluding diaryl/α,β-unsaturated/α-hetero) is 1. The molecule has 104 valence electrons. The summed E-state index contributed by atoms with van der Waals surface area (Å²) in [5, 5.41) is 0. The van der Waals surface area contributed by atoms with Crippen LogP contribution >= 0.6 is 0 Å². The Morgan fingerprint density at radius 3 is 2.33 bits per heavy atom. The number of likely N-dealkylation sites (tertiary alicyclic amines) is 1. The van der Waals surface area contributed by atoms with Gasteiger partial charge in [-0.1, -0.05) is 0 Å². The Bertz CT molecular complexity index is 346. The molecule has 0 unspecified atom stereocenters. The predicted octanol–water partition coefficient (Wildman–Crippen LogP) is 2.37. The van der Waals surface area contributed by atoms with Crippen LogP contribution in [0.5, 0.6) is 0 Å². The van der Waals surface area contributed by atoms with E-state index in [1.54, 1.807) is 20.8 Å². The van der Waals surface area contributed by atoms with Gasteiger partial charge in [-0.3, -0.25) is 4.79 Å². The highest BCUT2D eigenvalue weighted by molar-refractivity contribution is 5.85. The number of piperidine rings is 1. The van der Waals surface area contributed by atoms with E-state index in [1.807, 2.05) is 0 Å². The first-order valence-corrected chi connectivity index (χ1v) is 5.55. The van der Waals surface area contributed by atoms with Crippen LogP contribution in [0.4, 0.5) is 18.0 Å². The van der Waals surface area contributed by atoms with Crippen LogP contribution in [0.25, 0.3) is 0 Å². The zero-order chi connectivity index (χ0) is 14.1. The zero-order valence-electron chi connectivity index (χ0n) is 10.5. The van der Waals surface area contributed by atoms with Gasteiger partial charge >= 0.3 is 12.3 Å². The minimum atomic E-state index is -4.48. The smallest absolute Gasteiger partial charge is 0.410 e. The van der Waals surface area contributed by atoms with Crippen molar-refractivity contribution in [2.45, 2.75) is 39.0 Å². The van der Waals surface area contributed by atoms with E-state index >= 15 is 0 Å². The highest BCUT2D eigenvalue weighted by Crippen LogP contribution is 2.32. The van der Waals surface area contributed by atoms with Crippen LogP contribution in [0, 0.1) is 5.92 Å². The molecule has 1 amide bonds. The van der Waals surface area contributed by atoms with Crippen LogP contribution in [0.3, 0.4) is 0 Å². The Morgan fingerprint density at radius 2 is 1.89 bits per heavy atom. The quantitative estimate of drug-likeness (QED) is 0.677. The minimum absolute atomic E-state index is 0.318. The van der Waals surface area contributed by atoms with E-state index in [1.165, 1.54) is 0 Å². The molecule has 18 heavy (non-hydrogen) atoms. The van der Waals surface area contributed by atoms with Gasteiger partial charge in [-0.05, 0) is 20.8 Å². The molecule has 0 saturated carbocycles. The van der Waals surface area contributed by atoms with Gasteiger partial charge in [0.05, 0.1) is 12.5 Å². The van der Waals surface area contributed by atoms with E-state index in [9.17, 15) is 22.8 Å². The molecule has 1 atom stereocenters. The number of amides is 1. The van der Waals surface area contributed by atoms with Crippen LogP contribution in [0.15, 0.2) is 0 Å². The molecule has 1 fully saturated rings. The third-order valence-electron chi connectivity index (χ3n) is 2.40. The van der Waals surface area contributed by atoms with Gasteiger partial charge in [0.15, 0.2) is 5.78 Å². The molecular weight excluding hydrogens is 251 g/mol. The van der Waals surface area contributed by atoms with Crippen molar-refractivity contribution in [2.75, 3.05) is 13.1 Å². The molecule has 1 aliphatic heterocycles. The molecule has 1 rings (SSSR count). The Labute approximate surface area is 103 Å². The van der Waals surface area contributed by atoms with E-state index in [4.69, 9.17) is 4.74 Å². The lowest BCUT2D eigenvalue weighted by atomic mass is 9.97. The van der Waals surface area contributed by atoms with Gasteiger partial charge in [-0.15, -0.1) is 0 Å². The lowest BCUT2D eigenvalue weighted by Gasteiger charge is -2.34. The van der Waals surface area contributed by atoms with Crippen molar-refractivity contribution in [1.29, 1.82) is 0 Å². The largest absolute Gasteiger partial charge is 0.444 e. The number of carbonyl (C=O) groups is 2. The highest BCUT2D eigenvalue weighted by atomic mass is 19.4. The zero-order valence-corrected chi connectivity index (χ0v) is 10.5. The first kappa shape index (κ1) is 14.8. The van der Waals surface area contributed by atoms with E-state index in [2.05, 4.69) is 0 Å². The molecule has 1 saturated heterocycles. The number of hydrogen-bond acceptors (Lipinski definition) is 3. The van der Waals surface area contributed by atoms with Crippen LogP contribution in [-0.4, -0.2) is 41.6 Å². The normalized spacial score (nSPS) is 22.0. The van der Waals surface area contributed by atoms with Crippen LogP contribution in [0.2, 0.25) is 0 Å². The second kappa shape index (κ2) is 4.78. The number of halogens is 3. The fourth-order valence-corrected chi connectivity index (χ4v) is 1.63. The summed E-state index contributed by atoms with van der Waals surface area (Å²) in [6.45, 7) is 3.99. The van der Waals surface area contributed by atoms with Crippen molar-refractivity contribution in [1.82, 2.24) is 4.90 Å². The fraction of sp³-hybridized carbons (Fsp3) is 0.818. The van der Waals surface area contributed by atoms with Crippen LogP contribution < -0.4 is 0 Å². The van der Waals surface area contributed by atoms with E-state index in [0.29, 0.717) is 0 Å². The lowest BCUT2D eigenvalue weighted by molar-refractivity contribution is -0.187. The van der Waals surface area contributed by atoms with Crippen molar-refractivity contribution >= 4 is 11.9 Å². The summed E-state index contributed by atoms with van der Waals surface area (Å²) in [5.74, 6) is -2.40. The minimum Gasteiger partial charge on any atom is -0.444 e. The van der Waals surface area contributed by atoms with E-state index in [0.717, 1.165) is 4.90 Å². The summed E-state index contributed by atoms with van der Waals surface area (Å²) in [6.07, 6.45) is -5.93. The number of alkyl halides is 3. The van der Waals surface area contributed by atoms with Gasteiger partial charge in [0.1, 0.15) is 5.60 Å². The van der Waals surface area contributed by atoms with Gasteiger partial charge in [0.2, 0.25) is 0 Å². The Hall–Kier alpha value is -1.27. The monoisotopic (exact) mass is 267 g/mol. The second-order valence-electron chi connectivity index (χ2n) is 5.34. The lowest BCUT2D eigenvalue weighted by Crippen LogP contribution is -2.49. The van der Waals surface area contributed by atoms with Gasteiger partial charge in [0, 0.05) is 13.0 Å². The molecule has 0 aromatic carbocycles. The molecule has 0 N–H and O–H groups in total. The van der Waals surface area contributed by atoms with Crippen molar-refractivity contribution in [3.05, 3.63) is 0 Å². The number of rotatable bonds is 0. The molecule has 0 radical (unpaired) electrons. The second-order valence-corrected chi connectivity index (χ2v) is 5.34. The van der Waals surface area contributed by atoms with Crippen LogP contribution in [0.1, 0.15) is 27.2 Å². The number of ether oxygens (including phenoxy) is 1. The van der Waals surface area contributed by atoms with Crippen molar-refractivity contribution in [2.24, 2.45) is 5.92 Å². The third-order valence-corrected chi connectivity index (χ3v) is 2.40. The molecule has 1 heterocycles. The average Bonchev–Trinajstić information content (AvgIpc) is 2.12. The Balaban J connectivity index is 2.72.